The number of carboxylic acid groups (broad SMARTS) is 1. The quantitative estimate of drug-likeness (QED) is 0.448. The Morgan fingerprint density at radius 3 is 2.61 bits per heavy atom. The summed E-state index contributed by atoms with van der Waals surface area (Å²) in [6.45, 7) is 2.12. The molecule has 0 saturated carbocycles. The van der Waals surface area contributed by atoms with Crippen molar-refractivity contribution in [2.75, 3.05) is 0 Å². The lowest BCUT2D eigenvalue weighted by molar-refractivity contribution is 0.0693. The van der Waals surface area contributed by atoms with Crippen molar-refractivity contribution < 1.29 is 15.0 Å². The molecule has 0 spiro atoms. The van der Waals surface area contributed by atoms with Crippen molar-refractivity contribution in [2.24, 2.45) is 0 Å². The SMILES string of the molecule is Cc1ccccc1-c1ccc2[nH]c3c(c2c1)CCc1cc(C(=O)O)c(O)cc1-3. The van der Waals surface area contributed by atoms with Gasteiger partial charge in [0.25, 0.3) is 0 Å². The molecule has 0 atom stereocenters. The Hall–Kier alpha value is -3.53. The van der Waals surface area contributed by atoms with Crippen LogP contribution in [0, 0.1) is 6.92 Å². The van der Waals surface area contributed by atoms with E-state index < -0.39 is 5.97 Å². The fourth-order valence-electron chi connectivity index (χ4n) is 4.31. The molecule has 0 radical (unpaired) electrons. The molecule has 4 nitrogen and oxygen atoms in total. The van der Waals surface area contributed by atoms with Crippen molar-refractivity contribution >= 4 is 16.9 Å². The number of phenols is 1. The number of aryl methyl sites for hydroxylation is 3. The standard InChI is InChI=1S/C24H19NO3/c1-13-4-2-3-5-16(13)14-7-9-21-19(10-14)17-8-6-15-11-20(24(27)28)22(26)12-18(15)23(17)25-21/h2-5,7,9-12,25-26H,6,8H2,1H3,(H,27,28). The predicted octanol–water partition coefficient (Wildman–Crippen LogP) is 5.31. The average Bonchev–Trinajstić information content (AvgIpc) is 3.06. The largest absolute Gasteiger partial charge is 0.507 e. The maximum absolute atomic E-state index is 11.3. The molecule has 1 aliphatic rings. The summed E-state index contributed by atoms with van der Waals surface area (Å²) in [5, 5.41) is 20.6. The van der Waals surface area contributed by atoms with Crippen LogP contribution in [0.1, 0.15) is 27.0 Å². The van der Waals surface area contributed by atoms with Gasteiger partial charge in [0.2, 0.25) is 0 Å². The van der Waals surface area contributed by atoms with E-state index in [-0.39, 0.29) is 11.3 Å². The van der Waals surface area contributed by atoms with Crippen LogP contribution in [0.15, 0.2) is 54.6 Å². The fourth-order valence-corrected chi connectivity index (χ4v) is 4.31. The highest BCUT2D eigenvalue weighted by atomic mass is 16.4. The van der Waals surface area contributed by atoms with E-state index in [0.29, 0.717) is 0 Å². The summed E-state index contributed by atoms with van der Waals surface area (Å²) in [5.41, 5.74) is 8.69. The van der Waals surface area contributed by atoms with Crippen molar-refractivity contribution in [2.45, 2.75) is 19.8 Å². The molecular weight excluding hydrogens is 350 g/mol. The lowest BCUT2D eigenvalue weighted by Gasteiger charge is -2.18. The van der Waals surface area contributed by atoms with Crippen LogP contribution in [0.25, 0.3) is 33.3 Å². The van der Waals surface area contributed by atoms with Gasteiger partial charge in [0.1, 0.15) is 11.3 Å². The number of rotatable bonds is 2. The summed E-state index contributed by atoms with van der Waals surface area (Å²) in [7, 11) is 0. The van der Waals surface area contributed by atoms with Crippen LogP contribution >= 0.6 is 0 Å². The second kappa shape index (κ2) is 5.99. The number of aromatic hydroxyl groups is 1. The van der Waals surface area contributed by atoms with Crippen molar-refractivity contribution in [3.63, 3.8) is 0 Å². The zero-order valence-corrected chi connectivity index (χ0v) is 15.4. The van der Waals surface area contributed by atoms with Gasteiger partial charge in [-0.1, -0.05) is 30.3 Å². The van der Waals surface area contributed by atoms with E-state index in [4.69, 9.17) is 0 Å². The molecule has 5 rings (SSSR count). The molecule has 0 bridgehead atoms. The van der Waals surface area contributed by atoms with E-state index >= 15 is 0 Å². The number of carbonyl (C=O) groups is 1. The monoisotopic (exact) mass is 369 g/mol. The molecule has 3 N–H and O–H groups in total. The number of carboxylic acids is 1. The van der Waals surface area contributed by atoms with E-state index in [1.807, 2.05) is 6.07 Å². The predicted molar refractivity (Wildman–Crippen MR) is 110 cm³/mol. The fraction of sp³-hybridized carbons (Fsp3) is 0.125. The van der Waals surface area contributed by atoms with Gasteiger partial charge < -0.3 is 15.2 Å². The van der Waals surface area contributed by atoms with Crippen LogP contribution in [0.4, 0.5) is 0 Å². The number of H-pyrrole nitrogens is 1. The van der Waals surface area contributed by atoms with Crippen LogP contribution in [0.3, 0.4) is 0 Å². The zero-order valence-electron chi connectivity index (χ0n) is 15.4. The van der Waals surface area contributed by atoms with Crippen molar-refractivity contribution in [3.05, 3.63) is 76.9 Å². The number of hydrogen-bond acceptors (Lipinski definition) is 2. The molecule has 138 valence electrons. The highest BCUT2D eigenvalue weighted by Gasteiger charge is 2.24. The van der Waals surface area contributed by atoms with E-state index in [2.05, 4.69) is 48.3 Å². The number of nitrogens with one attached hydrogen (secondary N) is 1. The number of aromatic nitrogens is 1. The van der Waals surface area contributed by atoms with E-state index in [0.717, 1.165) is 35.2 Å². The van der Waals surface area contributed by atoms with Crippen LogP contribution in [-0.4, -0.2) is 21.2 Å². The number of aromatic amines is 1. The molecule has 4 aromatic rings. The number of aromatic carboxylic acids is 1. The molecule has 0 aliphatic heterocycles. The van der Waals surface area contributed by atoms with Crippen molar-refractivity contribution in [3.8, 4) is 28.1 Å². The molecule has 1 aromatic heterocycles. The minimum absolute atomic E-state index is 0.0415. The summed E-state index contributed by atoms with van der Waals surface area (Å²) in [6, 6.07) is 18.0. The molecule has 1 heterocycles. The number of fused-ring (bicyclic) bond motifs is 5. The van der Waals surface area contributed by atoms with Crippen molar-refractivity contribution in [1.82, 2.24) is 4.98 Å². The maximum Gasteiger partial charge on any atom is 0.339 e. The molecule has 1 aliphatic carbocycles. The van der Waals surface area contributed by atoms with E-state index in [1.165, 1.54) is 27.6 Å². The molecule has 0 unspecified atom stereocenters. The maximum atomic E-state index is 11.3. The Morgan fingerprint density at radius 1 is 1.00 bits per heavy atom. The molecule has 0 amide bonds. The Morgan fingerprint density at radius 2 is 1.82 bits per heavy atom. The third-order valence-corrected chi connectivity index (χ3v) is 5.73. The van der Waals surface area contributed by atoms with Gasteiger partial charge >= 0.3 is 5.97 Å². The summed E-state index contributed by atoms with van der Waals surface area (Å²) in [5.74, 6) is -1.30. The summed E-state index contributed by atoms with van der Waals surface area (Å²) in [6.07, 6.45) is 1.59. The van der Waals surface area contributed by atoms with Crippen LogP contribution < -0.4 is 0 Å². The van der Waals surface area contributed by atoms with Gasteiger partial charge in [0.15, 0.2) is 0 Å². The lowest BCUT2D eigenvalue weighted by Crippen LogP contribution is -2.06. The highest BCUT2D eigenvalue weighted by molar-refractivity contribution is 5.97. The van der Waals surface area contributed by atoms with Crippen molar-refractivity contribution in [1.29, 1.82) is 0 Å². The number of hydrogen-bond donors (Lipinski definition) is 3. The van der Waals surface area contributed by atoms with Gasteiger partial charge in [-0.3, -0.25) is 0 Å². The Labute approximate surface area is 162 Å². The molecule has 0 fully saturated rings. The average molecular weight is 369 g/mol. The number of benzene rings is 3. The third-order valence-electron chi connectivity index (χ3n) is 5.73. The molecular formula is C24H19NO3. The first kappa shape index (κ1) is 16.6. The van der Waals surface area contributed by atoms with Gasteiger partial charge in [-0.25, -0.2) is 4.79 Å². The first-order valence-corrected chi connectivity index (χ1v) is 9.33. The summed E-state index contributed by atoms with van der Waals surface area (Å²) >= 11 is 0. The topological polar surface area (TPSA) is 73.3 Å². The second-order valence-electron chi connectivity index (χ2n) is 7.39. The first-order chi connectivity index (χ1) is 13.5. The van der Waals surface area contributed by atoms with Crippen LogP contribution in [0.2, 0.25) is 0 Å². The Bertz CT molecular complexity index is 1270. The third kappa shape index (κ3) is 2.42. The van der Waals surface area contributed by atoms with E-state index in [1.54, 1.807) is 12.1 Å². The summed E-state index contributed by atoms with van der Waals surface area (Å²) < 4.78 is 0. The van der Waals surface area contributed by atoms with Gasteiger partial charge in [-0.2, -0.15) is 0 Å². The molecule has 28 heavy (non-hydrogen) atoms. The zero-order chi connectivity index (χ0) is 19.4. The lowest BCUT2D eigenvalue weighted by atomic mass is 9.87. The molecule has 0 saturated heterocycles. The Balaban J connectivity index is 1.70. The van der Waals surface area contributed by atoms with Gasteiger partial charge in [0, 0.05) is 16.5 Å². The van der Waals surface area contributed by atoms with Gasteiger partial charge in [-0.05, 0) is 71.8 Å². The van der Waals surface area contributed by atoms with Crippen LogP contribution in [0.5, 0.6) is 5.75 Å². The highest BCUT2D eigenvalue weighted by Crippen LogP contribution is 2.41. The van der Waals surface area contributed by atoms with Gasteiger partial charge in [0.05, 0.1) is 5.69 Å². The normalized spacial score (nSPS) is 12.6. The van der Waals surface area contributed by atoms with Crippen LogP contribution in [-0.2, 0) is 12.8 Å². The molecule has 3 aromatic carbocycles. The Kier molecular flexibility index (Phi) is 3.56. The first-order valence-electron chi connectivity index (χ1n) is 9.33. The van der Waals surface area contributed by atoms with E-state index in [9.17, 15) is 15.0 Å². The smallest absolute Gasteiger partial charge is 0.339 e. The second-order valence-corrected chi connectivity index (χ2v) is 7.39. The molecule has 4 heteroatoms. The van der Waals surface area contributed by atoms with Gasteiger partial charge in [-0.15, -0.1) is 0 Å². The summed E-state index contributed by atoms with van der Waals surface area (Å²) in [4.78, 5) is 14.8. The minimum Gasteiger partial charge on any atom is -0.507 e. The minimum atomic E-state index is -1.11.